The summed E-state index contributed by atoms with van der Waals surface area (Å²) in [6.45, 7) is 7.11. The van der Waals surface area contributed by atoms with Crippen LogP contribution in [0.15, 0.2) is 48.8 Å². The first-order valence-electron chi connectivity index (χ1n) is 12.4. The second-order valence-corrected chi connectivity index (χ2v) is 10.1. The van der Waals surface area contributed by atoms with Gasteiger partial charge in [-0.1, -0.05) is 11.3 Å². The number of nitrogens with one attached hydrogen (secondary N) is 1. The van der Waals surface area contributed by atoms with Gasteiger partial charge in [-0.15, -0.1) is 10.2 Å². The van der Waals surface area contributed by atoms with E-state index in [2.05, 4.69) is 30.2 Å². The topological polar surface area (TPSA) is 69.5 Å². The molecule has 0 unspecified atom stereocenters. The van der Waals surface area contributed by atoms with Gasteiger partial charge in [-0.2, -0.15) is 0 Å². The normalized spacial score (nSPS) is 19.2. The van der Waals surface area contributed by atoms with Crippen LogP contribution in [0.1, 0.15) is 19.3 Å². The van der Waals surface area contributed by atoms with Crippen molar-refractivity contribution >= 4 is 28.1 Å². The van der Waals surface area contributed by atoms with Crippen LogP contribution in [0.4, 0.5) is 15.2 Å². The minimum atomic E-state index is -0.197. The summed E-state index contributed by atoms with van der Waals surface area (Å²) in [5.74, 6) is -0.0644. The van der Waals surface area contributed by atoms with E-state index in [1.165, 1.54) is 12.1 Å². The zero-order valence-electron chi connectivity index (χ0n) is 19.9. The third kappa shape index (κ3) is 5.99. The first-order valence-corrected chi connectivity index (χ1v) is 13.2. The van der Waals surface area contributed by atoms with Crippen LogP contribution in [0.3, 0.4) is 0 Å². The molecule has 3 aromatic rings. The van der Waals surface area contributed by atoms with Gasteiger partial charge < -0.3 is 15.1 Å². The Morgan fingerprint density at radius 1 is 1.00 bits per heavy atom. The quantitative estimate of drug-likeness (QED) is 0.483. The molecular weight excluding hydrogens is 465 g/mol. The fraction of sp³-hybridized carbons (Fsp3) is 0.480. The van der Waals surface area contributed by atoms with E-state index in [9.17, 15) is 9.18 Å². The Labute approximate surface area is 209 Å². The Hall–Kier alpha value is -2.98. The van der Waals surface area contributed by atoms with Crippen molar-refractivity contribution in [3.63, 3.8) is 0 Å². The lowest BCUT2D eigenvalue weighted by molar-refractivity contribution is -0.125. The summed E-state index contributed by atoms with van der Waals surface area (Å²) in [5, 5.41) is 13.5. The number of aromatic nitrogens is 3. The maximum atomic E-state index is 13.1. The van der Waals surface area contributed by atoms with Gasteiger partial charge in [0.05, 0.1) is 5.92 Å². The van der Waals surface area contributed by atoms with Crippen LogP contribution in [0.2, 0.25) is 0 Å². The first-order chi connectivity index (χ1) is 17.2. The Morgan fingerprint density at radius 2 is 1.74 bits per heavy atom. The zero-order chi connectivity index (χ0) is 24.0. The second-order valence-electron chi connectivity index (χ2n) is 9.19. The van der Waals surface area contributed by atoms with Crippen LogP contribution in [-0.2, 0) is 4.79 Å². The van der Waals surface area contributed by atoms with Crippen molar-refractivity contribution in [3.8, 4) is 5.13 Å². The number of rotatable bonds is 8. The van der Waals surface area contributed by atoms with Crippen LogP contribution in [0, 0.1) is 11.7 Å². The molecular formula is C25H32FN7OS. The molecule has 4 heterocycles. The Bertz CT molecular complexity index is 1080. The summed E-state index contributed by atoms with van der Waals surface area (Å²) in [4.78, 5) is 19.7. The summed E-state index contributed by atoms with van der Waals surface area (Å²) in [5.41, 5.74) is 1.08. The van der Waals surface area contributed by atoms with Crippen molar-refractivity contribution in [3.05, 3.63) is 54.6 Å². The number of amides is 1. The lowest BCUT2D eigenvalue weighted by Crippen LogP contribution is -2.47. The SMILES string of the molecule is O=C(NCCCN1CCN(c2ccc(F)cc2)CC1)[C@@H]1CCCN(c2nnc(-n3cccc3)s2)C1. The van der Waals surface area contributed by atoms with E-state index in [0.717, 1.165) is 74.5 Å². The number of piperidine rings is 1. The molecule has 0 aliphatic carbocycles. The van der Waals surface area contributed by atoms with E-state index in [1.54, 1.807) is 11.3 Å². The molecule has 0 spiro atoms. The smallest absolute Gasteiger partial charge is 0.224 e. The van der Waals surface area contributed by atoms with Crippen molar-refractivity contribution in [1.29, 1.82) is 0 Å². The standard InChI is InChI=1S/C25H32FN7OS/c26-21-6-8-22(9-7-21)31-17-15-30(16-18-31)11-4-10-27-23(34)20-5-3-14-33(19-20)25-29-28-24(35-25)32-12-1-2-13-32/h1-2,6-9,12-13,20H,3-5,10-11,14-19H2,(H,27,34)/t20-/m1/s1. The molecule has 1 aromatic carbocycles. The average Bonchev–Trinajstić information content (AvgIpc) is 3.60. The van der Waals surface area contributed by atoms with Crippen molar-refractivity contribution < 1.29 is 9.18 Å². The fourth-order valence-corrected chi connectivity index (χ4v) is 5.66. The number of nitrogens with zero attached hydrogens (tertiary/aromatic N) is 6. The van der Waals surface area contributed by atoms with Gasteiger partial charge in [0.1, 0.15) is 5.82 Å². The average molecular weight is 498 g/mol. The number of piperazine rings is 1. The highest BCUT2D eigenvalue weighted by atomic mass is 32.1. The molecule has 2 aromatic heterocycles. The van der Waals surface area contributed by atoms with Crippen LogP contribution in [0.5, 0.6) is 0 Å². The van der Waals surface area contributed by atoms with Crippen LogP contribution < -0.4 is 15.1 Å². The molecule has 2 aliphatic heterocycles. The summed E-state index contributed by atoms with van der Waals surface area (Å²) in [6, 6.07) is 10.7. The number of carbonyl (C=O) groups is 1. The van der Waals surface area contributed by atoms with Gasteiger partial charge in [0, 0.05) is 63.9 Å². The van der Waals surface area contributed by atoms with E-state index >= 15 is 0 Å². The first kappa shape index (κ1) is 23.7. The summed E-state index contributed by atoms with van der Waals surface area (Å²) < 4.78 is 15.1. The van der Waals surface area contributed by atoms with E-state index < -0.39 is 0 Å². The number of benzene rings is 1. The van der Waals surface area contributed by atoms with Gasteiger partial charge in [-0.05, 0) is 62.2 Å². The van der Waals surface area contributed by atoms with E-state index in [4.69, 9.17) is 0 Å². The van der Waals surface area contributed by atoms with Crippen LogP contribution in [-0.4, -0.2) is 77.9 Å². The van der Waals surface area contributed by atoms with Crippen molar-refractivity contribution in [1.82, 2.24) is 25.0 Å². The lowest BCUT2D eigenvalue weighted by atomic mass is 9.97. The molecule has 1 amide bonds. The molecule has 10 heteroatoms. The highest BCUT2D eigenvalue weighted by Gasteiger charge is 2.27. The molecule has 186 valence electrons. The molecule has 2 saturated heterocycles. The Balaban J connectivity index is 1.02. The maximum Gasteiger partial charge on any atom is 0.224 e. The number of hydrogen-bond donors (Lipinski definition) is 1. The van der Waals surface area contributed by atoms with Gasteiger partial charge in [-0.25, -0.2) is 4.39 Å². The minimum Gasteiger partial charge on any atom is -0.369 e. The summed E-state index contributed by atoms with van der Waals surface area (Å²) >= 11 is 1.56. The van der Waals surface area contributed by atoms with Crippen molar-refractivity contribution in [2.75, 3.05) is 62.2 Å². The molecule has 0 saturated carbocycles. The van der Waals surface area contributed by atoms with Gasteiger partial charge in [0.25, 0.3) is 0 Å². The molecule has 0 bridgehead atoms. The molecule has 5 rings (SSSR count). The predicted octanol–water partition coefficient (Wildman–Crippen LogP) is 3.01. The minimum absolute atomic E-state index is 0.0121. The molecule has 2 fully saturated rings. The number of anilines is 2. The van der Waals surface area contributed by atoms with E-state index in [0.29, 0.717) is 13.1 Å². The molecule has 0 radical (unpaired) electrons. The monoisotopic (exact) mass is 497 g/mol. The molecule has 2 aliphatic rings. The van der Waals surface area contributed by atoms with Gasteiger partial charge >= 0.3 is 0 Å². The fourth-order valence-electron chi connectivity index (χ4n) is 4.81. The molecule has 1 atom stereocenters. The van der Waals surface area contributed by atoms with E-state index in [1.807, 2.05) is 41.2 Å². The van der Waals surface area contributed by atoms with Crippen molar-refractivity contribution in [2.24, 2.45) is 5.92 Å². The molecule has 1 N–H and O–H groups in total. The number of carbonyl (C=O) groups excluding carboxylic acids is 1. The molecule has 8 nitrogen and oxygen atoms in total. The van der Waals surface area contributed by atoms with Crippen LogP contribution in [0.25, 0.3) is 5.13 Å². The number of hydrogen-bond acceptors (Lipinski definition) is 7. The predicted molar refractivity (Wildman–Crippen MR) is 137 cm³/mol. The third-order valence-electron chi connectivity index (χ3n) is 6.81. The number of halogens is 1. The maximum absolute atomic E-state index is 13.1. The largest absolute Gasteiger partial charge is 0.369 e. The van der Waals surface area contributed by atoms with Gasteiger partial charge in [-0.3, -0.25) is 14.3 Å². The lowest BCUT2D eigenvalue weighted by Gasteiger charge is -2.36. The molecule has 35 heavy (non-hydrogen) atoms. The second kappa shape index (κ2) is 11.2. The Morgan fingerprint density at radius 3 is 2.51 bits per heavy atom. The zero-order valence-corrected chi connectivity index (χ0v) is 20.7. The van der Waals surface area contributed by atoms with Gasteiger partial charge in [0.15, 0.2) is 0 Å². The van der Waals surface area contributed by atoms with Gasteiger partial charge in [0.2, 0.25) is 16.2 Å². The van der Waals surface area contributed by atoms with Crippen molar-refractivity contribution in [2.45, 2.75) is 19.3 Å². The Kier molecular flexibility index (Phi) is 7.58. The van der Waals surface area contributed by atoms with E-state index in [-0.39, 0.29) is 17.6 Å². The highest BCUT2D eigenvalue weighted by Crippen LogP contribution is 2.28. The summed E-state index contributed by atoms with van der Waals surface area (Å²) in [7, 11) is 0. The third-order valence-corrected chi connectivity index (χ3v) is 7.80. The summed E-state index contributed by atoms with van der Waals surface area (Å²) in [6.07, 6.45) is 6.76. The highest BCUT2D eigenvalue weighted by molar-refractivity contribution is 7.17. The van der Waals surface area contributed by atoms with Crippen LogP contribution >= 0.6 is 11.3 Å².